The predicted molar refractivity (Wildman–Crippen MR) is 115 cm³/mol. The first-order valence-electron chi connectivity index (χ1n) is 9.97. The van der Waals surface area contributed by atoms with E-state index in [2.05, 4.69) is 66.6 Å². The average Bonchev–Trinajstić information content (AvgIpc) is 2.66. The lowest BCUT2D eigenvalue weighted by Crippen LogP contribution is -2.32. The van der Waals surface area contributed by atoms with E-state index in [9.17, 15) is 4.79 Å². The van der Waals surface area contributed by atoms with Gasteiger partial charge < -0.3 is 15.5 Å². The molecular formula is C23H31N3O. The van der Waals surface area contributed by atoms with Crippen molar-refractivity contribution in [3.05, 3.63) is 53.6 Å². The summed E-state index contributed by atoms with van der Waals surface area (Å²) < 4.78 is 0. The van der Waals surface area contributed by atoms with Gasteiger partial charge in [0.1, 0.15) is 0 Å². The molecule has 1 fully saturated rings. The number of rotatable bonds is 6. The molecular weight excluding hydrogens is 334 g/mol. The van der Waals surface area contributed by atoms with Crippen LogP contribution in [0, 0.1) is 19.8 Å². The molecule has 2 aromatic rings. The van der Waals surface area contributed by atoms with Crippen molar-refractivity contribution in [1.82, 2.24) is 0 Å². The van der Waals surface area contributed by atoms with Crippen LogP contribution in [-0.2, 0) is 4.79 Å². The van der Waals surface area contributed by atoms with E-state index in [0.717, 1.165) is 30.4 Å². The Balaban J connectivity index is 1.44. The first-order valence-corrected chi connectivity index (χ1v) is 9.97. The SMILES string of the molecule is Cc1ccc(NCCC(=O)Nc2ccc(N3CCC(C)CC3)cc2)cc1C. The van der Waals surface area contributed by atoms with E-state index in [4.69, 9.17) is 0 Å². The summed E-state index contributed by atoms with van der Waals surface area (Å²) in [6, 6.07) is 14.5. The molecule has 1 saturated heterocycles. The van der Waals surface area contributed by atoms with Gasteiger partial charge in [-0.3, -0.25) is 4.79 Å². The van der Waals surface area contributed by atoms with Crippen molar-refractivity contribution >= 4 is 23.0 Å². The van der Waals surface area contributed by atoms with E-state index < -0.39 is 0 Å². The first kappa shape index (κ1) is 19.3. The summed E-state index contributed by atoms with van der Waals surface area (Å²) >= 11 is 0. The molecule has 4 nitrogen and oxygen atoms in total. The van der Waals surface area contributed by atoms with Gasteiger partial charge in [0.25, 0.3) is 0 Å². The van der Waals surface area contributed by atoms with E-state index >= 15 is 0 Å². The molecule has 1 aliphatic rings. The molecule has 0 unspecified atom stereocenters. The highest BCUT2D eigenvalue weighted by atomic mass is 16.1. The lowest BCUT2D eigenvalue weighted by Gasteiger charge is -2.32. The zero-order valence-electron chi connectivity index (χ0n) is 16.7. The van der Waals surface area contributed by atoms with E-state index in [-0.39, 0.29) is 5.91 Å². The Hall–Kier alpha value is -2.49. The minimum Gasteiger partial charge on any atom is -0.385 e. The van der Waals surface area contributed by atoms with Gasteiger partial charge in [0, 0.05) is 43.1 Å². The molecule has 0 saturated carbocycles. The van der Waals surface area contributed by atoms with Crippen LogP contribution < -0.4 is 15.5 Å². The monoisotopic (exact) mass is 365 g/mol. The zero-order valence-corrected chi connectivity index (χ0v) is 16.7. The second-order valence-corrected chi connectivity index (χ2v) is 7.74. The molecule has 1 heterocycles. The molecule has 0 atom stereocenters. The Morgan fingerprint density at radius 2 is 1.67 bits per heavy atom. The van der Waals surface area contributed by atoms with Crippen LogP contribution >= 0.6 is 0 Å². The summed E-state index contributed by atoms with van der Waals surface area (Å²) in [6.45, 7) is 9.39. The summed E-state index contributed by atoms with van der Waals surface area (Å²) in [5.74, 6) is 0.864. The lowest BCUT2D eigenvalue weighted by atomic mass is 9.99. The molecule has 0 bridgehead atoms. The van der Waals surface area contributed by atoms with Crippen LogP contribution in [0.2, 0.25) is 0 Å². The van der Waals surface area contributed by atoms with Crippen molar-refractivity contribution in [2.45, 2.75) is 40.0 Å². The third-order valence-corrected chi connectivity index (χ3v) is 5.49. The number of aryl methyl sites for hydroxylation is 2. The summed E-state index contributed by atoms with van der Waals surface area (Å²) in [6.07, 6.45) is 2.96. The molecule has 4 heteroatoms. The lowest BCUT2D eigenvalue weighted by molar-refractivity contribution is -0.115. The van der Waals surface area contributed by atoms with Crippen molar-refractivity contribution in [3.63, 3.8) is 0 Å². The molecule has 1 aliphatic heterocycles. The maximum absolute atomic E-state index is 12.2. The molecule has 0 spiro atoms. The van der Waals surface area contributed by atoms with Gasteiger partial charge in [0.15, 0.2) is 0 Å². The van der Waals surface area contributed by atoms with Gasteiger partial charge in [-0.15, -0.1) is 0 Å². The highest BCUT2D eigenvalue weighted by molar-refractivity contribution is 5.91. The summed E-state index contributed by atoms with van der Waals surface area (Å²) in [7, 11) is 0. The van der Waals surface area contributed by atoms with Crippen LogP contribution in [0.1, 0.15) is 37.3 Å². The number of nitrogens with one attached hydrogen (secondary N) is 2. The van der Waals surface area contributed by atoms with E-state index in [1.54, 1.807) is 0 Å². The molecule has 2 aromatic carbocycles. The minimum absolute atomic E-state index is 0.0332. The summed E-state index contributed by atoms with van der Waals surface area (Å²) in [5.41, 5.74) is 5.70. The van der Waals surface area contributed by atoms with Crippen LogP contribution in [0.15, 0.2) is 42.5 Å². The quantitative estimate of drug-likeness (QED) is 0.759. The summed E-state index contributed by atoms with van der Waals surface area (Å²) in [5, 5.41) is 6.31. The number of hydrogen-bond acceptors (Lipinski definition) is 3. The van der Waals surface area contributed by atoms with Crippen molar-refractivity contribution < 1.29 is 4.79 Å². The Labute approximate surface area is 163 Å². The molecule has 0 aromatic heterocycles. The highest BCUT2D eigenvalue weighted by Crippen LogP contribution is 2.24. The summed E-state index contributed by atoms with van der Waals surface area (Å²) in [4.78, 5) is 14.6. The Morgan fingerprint density at radius 1 is 1.00 bits per heavy atom. The van der Waals surface area contributed by atoms with E-state index in [1.165, 1.54) is 29.7 Å². The minimum atomic E-state index is 0.0332. The number of benzene rings is 2. The van der Waals surface area contributed by atoms with Crippen molar-refractivity contribution in [1.29, 1.82) is 0 Å². The molecule has 2 N–H and O–H groups in total. The Morgan fingerprint density at radius 3 is 2.33 bits per heavy atom. The van der Waals surface area contributed by atoms with E-state index in [1.807, 2.05) is 12.1 Å². The standard InChI is InChI=1S/C23H31N3O/c1-17-11-14-26(15-12-17)22-8-6-20(7-9-22)25-23(27)10-13-24-21-5-4-18(2)19(3)16-21/h4-9,16-17,24H,10-15H2,1-3H3,(H,25,27). The van der Waals surface area contributed by atoms with Crippen LogP contribution in [0.5, 0.6) is 0 Å². The van der Waals surface area contributed by atoms with Gasteiger partial charge in [0.2, 0.25) is 5.91 Å². The number of amides is 1. The number of hydrogen-bond donors (Lipinski definition) is 2. The van der Waals surface area contributed by atoms with Crippen LogP contribution in [0.25, 0.3) is 0 Å². The van der Waals surface area contributed by atoms with Gasteiger partial charge in [-0.05, 0) is 80.1 Å². The smallest absolute Gasteiger partial charge is 0.226 e. The van der Waals surface area contributed by atoms with Crippen LogP contribution in [0.4, 0.5) is 17.1 Å². The third-order valence-electron chi connectivity index (χ3n) is 5.49. The maximum atomic E-state index is 12.2. The Kier molecular flexibility index (Phi) is 6.38. The third kappa shape index (κ3) is 5.49. The fraction of sp³-hybridized carbons (Fsp3) is 0.435. The van der Waals surface area contributed by atoms with E-state index in [0.29, 0.717) is 13.0 Å². The van der Waals surface area contributed by atoms with Crippen molar-refractivity contribution in [2.24, 2.45) is 5.92 Å². The molecule has 3 rings (SSSR count). The maximum Gasteiger partial charge on any atom is 0.226 e. The van der Waals surface area contributed by atoms with Crippen LogP contribution in [-0.4, -0.2) is 25.5 Å². The van der Waals surface area contributed by atoms with Gasteiger partial charge in [-0.2, -0.15) is 0 Å². The normalized spacial score (nSPS) is 14.9. The van der Waals surface area contributed by atoms with Gasteiger partial charge in [0.05, 0.1) is 0 Å². The van der Waals surface area contributed by atoms with Gasteiger partial charge >= 0.3 is 0 Å². The fourth-order valence-corrected chi connectivity index (χ4v) is 3.42. The van der Waals surface area contributed by atoms with Crippen molar-refractivity contribution in [2.75, 3.05) is 35.2 Å². The number of nitrogens with zero attached hydrogens (tertiary/aromatic N) is 1. The van der Waals surface area contributed by atoms with Gasteiger partial charge in [-0.1, -0.05) is 13.0 Å². The predicted octanol–water partition coefficient (Wildman–Crippen LogP) is 4.98. The average molecular weight is 366 g/mol. The molecule has 27 heavy (non-hydrogen) atoms. The highest BCUT2D eigenvalue weighted by Gasteiger charge is 2.15. The number of carbonyl (C=O) groups excluding carboxylic acids is 1. The second kappa shape index (κ2) is 8.94. The molecule has 1 amide bonds. The number of piperidine rings is 1. The van der Waals surface area contributed by atoms with Gasteiger partial charge in [-0.25, -0.2) is 0 Å². The molecule has 144 valence electrons. The largest absolute Gasteiger partial charge is 0.385 e. The number of anilines is 3. The first-order chi connectivity index (χ1) is 13.0. The topological polar surface area (TPSA) is 44.4 Å². The molecule has 0 radical (unpaired) electrons. The fourth-order valence-electron chi connectivity index (χ4n) is 3.42. The van der Waals surface area contributed by atoms with Crippen molar-refractivity contribution in [3.8, 4) is 0 Å². The zero-order chi connectivity index (χ0) is 19.2. The number of carbonyl (C=O) groups is 1. The molecule has 0 aliphatic carbocycles. The Bertz CT molecular complexity index is 762. The second-order valence-electron chi connectivity index (χ2n) is 7.74. The van der Waals surface area contributed by atoms with Crippen LogP contribution in [0.3, 0.4) is 0 Å².